The molecule has 0 N–H and O–H groups in total. The molecule has 1 rings (SSSR count). The Hall–Kier alpha value is -0.670. The largest absolute Gasteiger partial charge is 0.370 e. The van der Waals surface area contributed by atoms with Gasteiger partial charge in [0, 0.05) is 24.1 Å². The van der Waals surface area contributed by atoms with E-state index in [2.05, 4.69) is 23.8 Å². The van der Waals surface area contributed by atoms with Crippen molar-refractivity contribution in [2.45, 2.75) is 46.1 Å². The molecule has 1 heterocycles. The third-order valence-electron chi connectivity index (χ3n) is 2.67. The molecule has 1 aromatic rings. The minimum Gasteiger partial charge on any atom is -0.370 e. The van der Waals surface area contributed by atoms with Gasteiger partial charge in [-0.25, -0.2) is 9.97 Å². The van der Waals surface area contributed by atoms with E-state index in [1.807, 2.05) is 27.0 Å². The van der Waals surface area contributed by atoms with Crippen LogP contribution in [0.1, 0.15) is 56.3 Å². The number of nitrogens with zero attached hydrogens (tertiary/aromatic N) is 2. The van der Waals surface area contributed by atoms with Gasteiger partial charge in [-0.3, -0.25) is 0 Å². The second kappa shape index (κ2) is 6.31. The Morgan fingerprint density at radius 2 is 2.00 bits per heavy atom. The monoisotopic (exact) mass is 256 g/mol. The van der Waals surface area contributed by atoms with Crippen LogP contribution in [0.5, 0.6) is 0 Å². The zero-order chi connectivity index (χ0) is 13.0. The molecule has 0 aliphatic carbocycles. The van der Waals surface area contributed by atoms with E-state index >= 15 is 0 Å². The van der Waals surface area contributed by atoms with Gasteiger partial charge in [-0.15, -0.1) is 11.6 Å². The maximum Gasteiger partial charge on any atom is 0.157 e. The van der Waals surface area contributed by atoms with E-state index in [1.165, 1.54) is 0 Å². The lowest BCUT2D eigenvalue weighted by molar-refractivity contribution is 0.0230. The molecule has 0 radical (unpaired) electrons. The zero-order valence-corrected chi connectivity index (χ0v) is 12.0. The highest BCUT2D eigenvalue weighted by Gasteiger charge is 2.20. The molecular formula is C13H21ClN2O. The van der Waals surface area contributed by atoms with Gasteiger partial charge in [0.05, 0.1) is 5.38 Å². The van der Waals surface area contributed by atoms with Crippen molar-refractivity contribution in [3.05, 3.63) is 23.3 Å². The molecule has 17 heavy (non-hydrogen) atoms. The lowest BCUT2D eigenvalue weighted by Crippen LogP contribution is -2.15. The van der Waals surface area contributed by atoms with Crippen LogP contribution in [0, 0.1) is 12.8 Å². The van der Waals surface area contributed by atoms with Crippen LogP contribution < -0.4 is 0 Å². The molecule has 0 amide bonds. The molecule has 0 aliphatic heterocycles. The molecule has 4 heteroatoms. The number of aryl methyl sites for hydroxylation is 1. The van der Waals surface area contributed by atoms with Crippen LogP contribution in [0.15, 0.2) is 6.20 Å². The van der Waals surface area contributed by atoms with Crippen LogP contribution in [0.3, 0.4) is 0 Å². The van der Waals surface area contributed by atoms with Crippen molar-refractivity contribution in [2.24, 2.45) is 5.92 Å². The van der Waals surface area contributed by atoms with Gasteiger partial charge in [0.25, 0.3) is 0 Å². The Labute approximate surface area is 109 Å². The fraction of sp³-hybridized carbons (Fsp3) is 0.692. The highest BCUT2D eigenvalue weighted by molar-refractivity contribution is 6.20. The van der Waals surface area contributed by atoms with Crippen molar-refractivity contribution < 1.29 is 4.74 Å². The summed E-state index contributed by atoms with van der Waals surface area (Å²) in [6, 6.07) is 0. The molecule has 3 nitrogen and oxygen atoms in total. The minimum atomic E-state index is -0.0614. The smallest absolute Gasteiger partial charge is 0.157 e. The molecule has 0 aliphatic rings. The second-order valence-electron chi connectivity index (χ2n) is 4.50. The highest BCUT2D eigenvalue weighted by atomic mass is 35.5. The van der Waals surface area contributed by atoms with E-state index in [0.717, 1.165) is 17.1 Å². The quantitative estimate of drug-likeness (QED) is 0.752. The van der Waals surface area contributed by atoms with Crippen LogP contribution in [-0.2, 0) is 4.74 Å². The Balaban J connectivity index is 3.02. The van der Waals surface area contributed by atoms with Crippen LogP contribution in [-0.4, -0.2) is 16.6 Å². The number of alkyl halides is 1. The van der Waals surface area contributed by atoms with Crippen molar-refractivity contribution in [3.63, 3.8) is 0 Å². The molecule has 0 saturated heterocycles. The summed E-state index contributed by atoms with van der Waals surface area (Å²) in [6.45, 7) is 10.8. The molecule has 0 fully saturated rings. The Morgan fingerprint density at radius 3 is 2.41 bits per heavy atom. The van der Waals surface area contributed by atoms with Crippen molar-refractivity contribution in [1.82, 2.24) is 9.97 Å². The molecule has 0 spiro atoms. The summed E-state index contributed by atoms with van der Waals surface area (Å²) in [5.41, 5.74) is 1.91. The fourth-order valence-electron chi connectivity index (χ4n) is 1.77. The molecule has 96 valence electrons. The van der Waals surface area contributed by atoms with E-state index in [9.17, 15) is 0 Å². The van der Waals surface area contributed by atoms with Gasteiger partial charge < -0.3 is 4.74 Å². The topological polar surface area (TPSA) is 35.0 Å². The van der Waals surface area contributed by atoms with Crippen molar-refractivity contribution in [2.75, 3.05) is 6.61 Å². The number of rotatable bonds is 5. The molecule has 0 bridgehead atoms. The third-order valence-corrected chi connectivity index (χ3v) is 2.91. The van der Waals surface area contributed by atoms with Crippen LogP contribution in [0.25, 0.3) is 0 Å². The first kappa shape index (κ1) is 14.4. The van der Waals surface area contributed by atoms with Gasteiger partial charge in [-0.2, -0.15) is 0 Å². The average Bonchev–Trinajstić information content (AvgIpc) is 2.24. The zero-order valence-electron chi connectivity index (χ0n) is 11.2. The fourth-order valence-corrected chi connectivity index (χ4v) is 1.98. The predicted molar refractivity (Wildman–Crippen MR) is 70.2 cm³/mol. The van der Waals surface area contributed by atoms with E-state index in [4.69, 9.17) is 16.3 Å². The summed E-state index contributed by atoms with van der Waals surface area (Å²) in [6.07, 6.45) is 1.77. The first-order valence-corrected chi connectivity index (χ1v) is 6.50. The van der Waals surface area contributed by atoms with Crippen LogP contribution in [0.4, 0.5) is 0 Å². The average molecular weight is 257 g/mol. The number of hydrogen-bond acceptors (Lipinski definition) is 3. The Morgan fingerprint density at radius 1 is 1.35 bits per heavy atom. The molecular weight excluding hydrogens is 236 g/mol. The summed E-state index contributed by atoms with van der Waals surface area (Å²) < 4.78 is 5.69. The van der Waals surface area contributed by atoms with Gasteiger partial charge in [0.2, 0.25) is 0 Å². The van der Waals surface area contributed by atoms with Gasteiger partial charge in [-0.1, -0.05) is 13.8 Å². The van der Waals surface area contributed by atoms with E-state index in [0.29, 0.717) is 12.5 Å². The van der Waals surface area contributed by atoms with E-state index < -0.39 is 0 Å². The number of hydrogen-bond donors (Lipinski definition) is 0. The molecule has 0 saturated carbocycles. The predicted octanol–water partition coefficient (Wildman–Crippen LogP) is 3.82. The lowest BCUT2D eigenvalue weighted by atomic mass is 10.1. The number of aromatic nitrogens is 2. The van der Waals surface area contributed by atoms with E-state index in [1.54, 1.807) is 0 Å². The van der Waals surface area contributed by atoms with Gasteiger partial charge in [0.15, 0.2) is 5.82 Å². The van der Waals surface area contributed by atoms with E-state index in [-0.39, 0.29) is 11.5 Å². The number of halogens is 1. The molecule has 2 unspecified atom stereocenters. The van der Waals surface area contributed by atoms with Gasteiger partial charge in [0.1, 0.15) is 6.10 Å². The maximum atomic E-state index is 6.05. The third kappa shape index (κ3) is 3.65. The van der Waals surface area contributed by atoms with Gasteiger partial charge >= 0.3 is 0 Å². The minimum absolute atomic E-state index is 0.0432. The SMILES string of the molecule is CCOC(c1ncc(C(C)Cl)c(C)n1)C(C)C. The molecule has 0 aromatic carbocycles. The van der Waals surface area contributed by atoms with Crippen LogP contribution >= 0.6 is 11.6 Å². The second-order valence-corrected chi connectivity index (χ2v) is 5.16. The summed E-state index contributed by atoms with van der Waals surface area (Å²) in [5, 5.41) is -0.0614. The lowest BCUT2D eigenvalue weighted by Gasteiger charge is -2.20. The van der Waals surface area contributed by atoms with Crippen molar-refractivity contribution in [1.29, 1.82) is 0 Å². The van der Waals surface area contributed by atoms with Crippen molar-refractivity contribution in [3.8, 4) is 0 Å². The summed E-state index contributed by atoms with van der Waals surface area (Å²) in [5.74, 6) is 1.11. The van der Waals surface area contributed by atoms with Crippen LogP contribution in [0.2, 0.25) is 0 Å². The molecule has 2 atom stereocenters. The maximum absolute atomic E-state index is 6.05. The summed E-state index contributed by atoms with van der Waals surface area (Å²) in [7, 11) is 0. The molecule has 1 aromatic heterocycles. The summed E-state index contributed by atoms with van der Waals surface area (Å²) in [4.78, 5) is 8.89. The summed E-state index contributed by atoms with van der Waals surface area (Å²) >= 11 is 6.05. The van der Waals surface area contributed by atoms with Crippen molar-refractivity contribution >= 4 is 11.6 Å². The van der Waals surface area contributed by atoms with Gasteiger partial charge in [-0.05, 0) is 26.7 Å². The standard InChI is InChI=1S/C13H21ClN2O/c1-6-17-12(8(2)3)13-15-7-11(9(4)14)10(5)16-13/h7-9,12H,6H2,1-5H3. The highest BCUT2D eigenvalue weighted by Crippen LogP contribution is 2.26. The number of ether oxygens (including phenoxy) is 1. The normalized spacial score (nSPS) is 15.0. The Bertz CT molecular complexity index is 366. The Kier molecular flexibility index (Phi) is 5.34. The first-order chi connectivity index (χ1) is 7.97. The first-order valence-electron chi connectivity index (χ1n) is 6.06.